The molecule has 7 heteroatoms. The number of nitrogens with one attached hydrogen (secondary N) is 3. The Hall–Kier alpha value is -3.48. The maximum Gasteiger partial charge on any atom is 0.273 e. The smallest absolute Gasteiger partial charge is 0.273 e. The van der Waals surface area contributed by atoms with Crippen LogP contribution in [0, 0.1) is 20.8 Å². The van der Waals surface area contributed by atoms with Crippen LogP contribution in [-0.2, 0) is 0 Å². The Balaban J connectivity index is 1.65. The third-order valence-corrected chi connectivity index (χ3v) is 4.51. The maximum absolute atomic E-state index is 12.4. The number of aromatic amines is 2. The van der Waals surface area contributed by atoms with Crippen molar-refractivity contribution in [2.24, 2.45) is 0 Å². The fraction of sp³-hybridized carbons (Fsp3) is 0.158. The van der Waals surface area contributed by atoms with Gasteiger partial charge in [0.15, 0.2) is 0 Å². The first-order chi connectivity index (χ1) is 12.5. The van der Waals surface area contributed by atoms with Crippen molar-refractivity contribution in [3.63, 3.8) is 0 Å². The Kier molecular flexibility index (Phi) is 3.76. The summed E-state index contributed by atoms with van der Waals surface area (Å²) < 4.78 is 0. The third kappa shape index (κ3) is 2.73. The molecule has 0 aliphatic rings. The van der Waals surface area contributed by atoms with Gasteiger partial charge in [-0.25, -0.2) is 4.98 Å². The molecule has 0 saturated heterocycles. The highest BCUT2D eigenvalue weighted by molar-refractivity contribution is 6.04. The molecule has 1 amide bonds. The van der Waals surface area contributed by atoms with Crippen LogP contribution in [0.25, 0.3) is 22.3 Å². The van der Waals surface area contributed by atoms with E-state index in [9.17, 15) is 4.79 Å². The molecule has 0 fully saturated rings. The van der Waals surface area contributed by atoms with Gasteiger partial charge >= 0.3 is 0 Å². The van der Waals surface area contributed by atoms with Gasteiger partial charge in [-0.05, 0) is 45.0 Å². The molecule has 4 aromatic heterocycles. The van der Waals surface area contributed by atoms with Crippen LogP contribution in [0.3, 0.4) is 0 Å². The average molecular weight is 346 g/mol. The molecule has 0 unspecified atom stereocenters. The second kappa shape index (κ2) is 6.11. The molecule has 4 aromatic rings. The number of carbonyl (C=O) groups excluding carboxylic acids is 1. The molecule has 0 spiro atoms. The fourth-order valence-electron chi connectivity index (χ4n) is 2.90. The molecular weight excluding hydrogens is 328 g/mol. The van der Waals surface area contributed by atoms with Gasteiger partial charge in [0, 0.05) is 34.1 Å². The normalized spacial score (nSPS) is 11.0. The molecule has 4 rings (SSSR count). The van der Waals surface area contributed by atoms with E-state index in [-0.39, 0.29) is 5.91 Å². The van der Waals surface area contributed by atoms with E-state index in [1.807, 2.05) is 45.0 Å². The molecule has 26 heavy (non-hydrogen) atoms. The predicted octanol–water partition coefficient (Wildman–Crippen LogP) is 3.53. The molecule has 0 saturated carbocycles. The molecular formula is C19H18N6O. The summed E-state index contributed by atoms with van der Waals surface area (Å²) in [5.41, 5.74) is 6.41. The van der Waals surface area contributed by atoms with E-state index in [1.54, 1.807) is 12.4 Å². The quantitative estimate of drug-likeness (QED) is 0.528. The number of fused-ring (bicyclic) bond motifs is 1. The topological polar surface area (TPSA) is 99.3 Å². The van der Waals surface area contributed by atoms with Crippen LogP contribution in [-0.4, -0.2) is 31.1 Å². The van der Waals surface area contributed by atoms with Crippen LogP contribution in [0.15, 0.2) is 36.7 Å². The highest BCUT2D eigenvalue weighted by atomic mass is 16.1. The predicted molar refractivity (Wildman–Crippen MR) is 100 cm³/mol. The second-order valence-electron chi connectivity index (χ2n) is 6.24. The van der Waals surface area contributed by atoms with Gasteiger partial charge in [-0.15, -0.1) is 0 Å². The minimum Gasteiger partial charge on any atom is -0.339 e. The lowest BCUT2D eigenvalue weighted by Crippen LogP contribution is -2.13. The van der Waals surface area contributed by atoms with E-state index in [1.165, 1.54) is 0 Å². The summed E-state index contributed by atoms with van der Waals surface area (Å²) in [6, 6.07) is 7.82. The van der Waals surface area contributed by atoms with Crippen LogP contribution in [0.1, 0.15) is 27.4 Å². The zero-order valence-corrected chi connectivity index (χ0v) is 14.7. The number of carbonyl (C=O) groups is 1. The summed E-state index contributed by atoms with van der Waals surface area (Å²) in [6.45, 7) is 5.69. The number of amides is 1. The summed E-state index contributed by atoms with van der Waals surface area (Å²) in [7, 11) is 0. The van der Waals surface area contributed by atoms with Crippen molar-refractivity contribution in [3.8, 4) is 11.3 Å². The minimum atomic E-state index is -0.233. The molecule has 3 N–H and O–H groups in total. The van der Waals surface area contributed by atoms with Gasteiger partial charge in [0.25, 0.3) is 5.91 Å². The van der Waals surface area contributed by atoms with Crippen molar-refractivity contribution in [1.29, 1.82) is 0 Å². The molecule has 0 atom stereocenters. The van der Waals surface area contributed by atoms with Crippen molar-refractivity contribution in [1.82, 2.24) is 25.1 Å². The van der Waals surface area contributed by atoms with E-state index >= 15 is 0 Å². The van der Waals surface area contributed by atoms with Crippen LogP contribution in [0.2, 0.25) is 0 Å². The number of aryl methyl sites for hydroxylation is 2. The molecule has 130 valence electrons. The van der Waals surface area contributed by atoms with Crippen LogP contribution in [0.5, 0.6) is 0 Å². The number of aromatic nitrogens is 5. The van der Waals surface area contributed by atoms with Gasteiger partial charge in [0.05, 0.1) is 17.6 Å². The fourth-order valence-corrected chi connectivity index (χ4v) is 2.90. The van der Waals surface area contributed by atoms with Crippen LogP contribution in [0.4, 0.5) is 5.69 Å². The summed E-state index contributed by atoms with van der Waals surface area (Å²) in [4.78, 5) is 24.5. The van der Waals surface area contributed by atoms with Gasteiger partial charge in [-0.2, -0.15) is 5.10 Å². The molecule has 0 aromatic carbocycles. The monoisotopic (exact) mass is 346 g/mol. The molecule has 0 aliphatic heterocycles. The first kappa shape index (κ1) is 16.0. The zero-order valence-electron chi connectivity index (χ0n) is 14.7. The summed E-state index contributed by atoms with van der Waals surface area (Å²) >= 11 is 0. The molecule has 0 radical (unpaired) electrons. The lowest BCUT2D eigenvalue weighted by Gasteiger charge is -2.04. The lowest BCUT2D eigenvalue weighted by molar-refractivity contribution is 0.102. The van der Waals surface area contributed by atoms with Crippen molar-refractivity contribution in [2.75, 3.05) is 5.32 Å². The minimum absolute atomic E-state index is 0.233. The lowest BCUT2D eigenvalue weighted by atomic mass is 10.1. The Labute approximate surface area is 149 Å². The van der Waals surface area contributed by atoms with Crippen molar-refractivity contribution >= 4 is 22.6 Å². The third-order valence-electron chi connectivity index (χ3n) is 4.51. The molecule has 4 heterocycles. The molecule has 0 bridgehead atoms. The standard InChI is InChI=1S/C19H18N6O/c1-10-11(2)24-25-17(10)19(26)22-14-7-13-8-16(23-18(13)21-9-14)15-5-4-6-20-12(15)3/h4-9H,1-3H3,(H,21,23)(H,22,26)(H,24,25). The zero-order chi connectivity index (χ0) is 18.3. The Bertz CT molecular complexity index is 1120. The number of anilines is 1. The van der Waals surface area contributed by atoms with Gasteiger partial charge in [0.2, 0.25) is 0 Å². The van der Waals surface area contributed by atoms with Crippen molar-refractivity contribution < 1.29 is 4.79 Å². The van der Waals surface area contributed by atoms with Gasteiger partial charge in [-0.3, -0.25) is 14.9 Å². The van der Waals surface area contributed by atoms with Gasteiger partial charge < -0.3 is 10.3 Å². The largest absolute Gasteiger partial charge is 0.339 e. The number of H-pyrrole nitrogens is 2. The summed E-state index contributed by atoms with van der Waals surface area (Å²) in [5.74, 6) is -0.233. The molecule has 7 nitrogen and oxygen atoms in total. The van der Waals surface area contributed by atoms with Gasteiger partial charge in [-0.1, -0.05) is 0 Å². The highest BCUT2D eigenvalue weighted by Gasteiger charge is 2.15. The Morgan fingerprint density at radius 3 is 2.69 bits per heavy atom. The van der Waals surface area contributed by atoms with E-state index < -0.39 is 0 Å². The first-order valence-corrected chi connectivity index (χ1v) is 8.26. The van der Waals surface area contributed by atoms with E-state index in [0.717, 1.165) is 39.2 Å². The highest BCUT2D eigenvalue weighted by Crippen LogP contribution is 2.26. The van der Waals surface area contributed by atoms with Crippen LogP contribution >= 0.6 is 0 Å². The number of nitrogens with zero attached hydrogens (tertiary/aromatic N) is 3. The first-order valence-electron chi connectivity index (χ1n) is 8.26. The maximum atomic E-state index is 12.4. The van der Waals surface area contributed by atoms with Crippen LogP contribution < -0.4 is 5.32 Å². The number of pyridine rings is 2. The number of rotatable bonds is 3. The van der Waals surface area contributed by atoms with Gasteiger partial charge in [0.1, 0.15) is 11.3 Å². The Morgan fingerprint density at radius 2 is 1.96 bits per heavy atom. The van der Waals surface area contributed by atoms with Crippen molar-refractivity contribution in [2.45, 2.75) is 20.8 Å². The summed E-state index contributed by atoms with van der Waals surface area (Å²) in [6.07, 6.45) is 3.40. The average Bonchev–Trinajstić information content (AvgIpc) is 3.19. The Morgan fingerprint density at radius 1 is 1.12 bits per heavy atom. The van der Waals surface area contributed by atoms with E-state index in [4.69, 9.17) is 0 Å². The SMILES string of the molecule is Cc1ncccc1-c1cc2cc(NC(=O)c3[nH]nc(C)c3C)cnc2[nH]1. The number of hydrogen-bond donors (Lipinski definition) is 3. The molecule has 0 aliphatic carbocycles. The van der Waals surface area contributed by atoms with E-state index in [2.05, 4.69) is 30.5 Å². The second-order valence-corrected chi connectivity index (χ2v) is 6.24. The van der Waals surface area contributed by atoms with Crippen molar-refractivity contribution in [3.05, 3.63) is 59.3 Å². The summed E-state index contributed by atoms with van der Waals surface area (Å²) in [5, 5.41) is 10.6. The number of hydrogen-bond acceptors (Lipinski definition) is 4. The van der Waals surface area contributed by atoms with E-state index in [0.29, 0.717) is 11.4 Å².